The van der Waals surface area contributed by atoms with Crippen molar-refractivity contribution in [2.45, 2.75) is 26.7 Å². The molecule has 0 N–H and O–H groups in total. The Balaban J connectivity index is 2.53. The molecule has 68 valence electrons. The Morgan fingerprint density at radius 1 is 1.31 bits per heavy atom. The van der Waals surface area contributed by atoms with Crippen LogP contribution >= 0.6 is 0 Å². The third-order valence-corrected chi connectivity index (χ3v) is 2.37. The van der Waals surface area contributed by atoms with Crippen molar-refractivity contribution in [1.82, 2.24) is 0 Å². The molecular weight excluding hydrogens is 160 g/mol. The molecule has 0 spiro atoms. The van der Waals surface area contributed by atoms with E-state index in [2.05, 4.69) is 32.0 Å². The van der Waals surface area contributed by atoms with E-state index in [1.54, 1.807) is 0 Å². The minimum absolute atomic E-state index is 0.998. The minimum Gasteiger partial charge on any atom is -0.464 e. The first kappa shape index (κ1) is 8.36. The molecule has 0 aliphatic rings. The molecule has 1 nitrogen and oxygen atoms in total. The Hall–Kier alpha value is -1.24. The van der Waals surface area contributed by atoms with Crippen LogP contribution in [0, 0.1) is 6.92 Å². The van der Waals surface area contributed by atoms with Gasteiger partial charge in [0.05, 0.1) is 6.26 Å². The molecule has 0 unspecified atom stereocenters. The van der Waals surface area contributed by atoms with Gasteiger partial charge in [0.1, 0.15) is 5.58 Å². The van der Waals surface area contributed by atoms with Crippen molar-refractivity contribution in [3.63, 3.8) is 0 Å². The average molecular weight is 174 g/mol. The molecule has 0 radical (unpaired) electrons. The van der Waals surface area contributed by atoms with Crippen LogP contribution < -0.4 is 0 Å². The SMILES string of the molecule is CCCc1ccc2occ(C)c2c1. The maximum absolute atomic E-state index is 5.38. The van der Waals surface area contributed by atoms with E-state index in [-0.39, 0.29) is 0 Å². The summed E-state index contributed by atoms with van der Waals surface area (Å²) in [5, 5.41) is 1.26. The summed E-state index contributed by atoms with van der Waals surface area (Å²) in [6, 6.07) is 6.44. The van der Waals surface area contributed by atoms with Crippen molar-refractivity contribution >= 4 is 11.0 Å². The van der Waals surface area contributed by atoms with Gasteiger partial charge in [0.15, 0.2) is 0 Å². The predicted molar refractivity (Wildman–Crippen MR) is 54.9 cm³/mol. The number of hydrogen-bond acceptors (Lipinski definition) is 1. The van der Waals surface area contributed by atoms with Crippen molar-refractivity contribution in [2.24, 2.45) is 0 Å². The van der Waals surface area contributed by atoms with Gasteiger partial charge in [-0.25, -0.2) is 0 Å². The molecule has 0 bridgehead atoms. The second-order valence-corrected chi connectivity index (χ2v) is 3.50. The van der Waals surface area contributed by atoms with Gasteiger partial charge in [-0.05, 0) is 36.6 Å². The summed E-state index contributed by atoms with van der Waals surface area (Å²) in [4.78, 5) is 0. The van der Waals surface area contributed by atoms with E-state index in [0.717, 1.165) is 12.0 Å². The van der Waals surface area contributed by atoms with Gasteiger partial charge in [0, 0.05) is 5.39 Å². The molecule has 0 fully saturated rings. The van der Waals surface area contributed by atoms with E-state index in [1.165, 1.54) is 22.9 Å². The molecule has 0 atom stereocenters. The Labute approximate surface area is 78.4 Å². The number of aryl methyl sites for hydroxylation is 2. The van der Waals surface area contributed by atoms with Crippen molar-refractivity contribution in [3.8, 4) is 0 Å². The number of rotatable bonds is 2. The molecule has 2 rings (SSSR count). The normalized spacial score (nSPS) is 10.9. The Bertz CT molecular complexity index is 412. The molecule has 13 heavy (non-hydrogen) atoms. The highest BCUT2D eigenvalue weighted by molar-refractivity contribution is 5.81. The Kier molecular flexibility index (Phi) is 2.09. The van der Waals surface area contributed by atoms with Gasteiger partial charge in [0.2, 0.25) is 0 Å². The van der Waals surface area contributed by atoms with Crippen molar-refractivity contribution in [1.29, 1.82) is 0 Å². The fourth-order valence-electron chi connectivity index (χ4n) is 1.65. The molecule has 0 saturated carbocycles. The lowest BCUT2D eigenvalue weighted by Gasteiger charge is -1.97. The first-order valence-electron chi connectivity index (χ1n) is 4.78. The summed E-state index contributed by atoms with van der Waals surface area (Å²) in [6.45, 7) is 4.29. The van der Waals surface area contributed by atoms with Gasteiger partial charge in [-0.1, -0.05) is 19.4 Å². The van der Waals surface area contributed by atoms with E-state index in [0.29, 0.717) is 0 Å². The van der Waals surface area contributed by atoms with Crippen molar-refractivity contribution < 1.29 is 4.42 Å². The zero-order valence-electron chi connectivity index (χ0n) is 8.13. The van der Waals surface area contributed by atoms with Crippen LogP contribution in [0.1, 0.15) is 24.5 Å². The first-order valence-corrected chi connectivity index (χ1v) is 4.78. The van der Waals surface area contributed by atoms with E-state index in [1.807, 2.05) is 6.26 Å². The highest BCUT2D eigenvalue weighted by Crippen LogP contribution is 2.22. The fraction of sp³-hybridized carbons (Fsp3) is 0.333. The molecule has 2 aromatic rings. The molecule has 0 aliphatic heterocycles. The van der Waals surface area contributed by atoms with Gasteiger partial charge in [-0.3, -0.25) is 0 Å². The third kappa shape index (κ3) is 1.46. The molecule has 0 aliphatic carbocycles. The summed E-state index contributed by atoms with van der Waals surface area (Å²) in [5.74, 6) is 0. The lowest BCUT2D eigenvalue weighted by Crippen LogP contribution is -1.81. The largest absolute Gasteiger partial charge is 0.464 e. The summed E-state index contributed by atoms with van der Waals surface area (Å²) >= 11 is 0. The smallest absolute Gasteiger partial charge is 0.134 e. The molecule has 0 amide bonds. The molecule has 1 heterocycles. The number of fused-ring (bicyclic) bond motifs is 1. The van der Waals surface area contributed by atoms with Crippen LogP contribution in [0.2, 0.25) is 0 Å². The van der Waals surface area contributed by atoms with Crippen LogP contribution in [0.4, 0.5) is 0 Å². The van der Waals surface area contributed by atoms with E-state index >= 15 is 0 Å². The highest BCUT2D eigenvalue weighted by atomic mass is 16.3. The topological polar surface area (TPSA) is 13.1 Å². The van der Waals surface area contributed by atoms with Crippen LogP contribution in [0.15, 0.2) is 28.9 Å². The number of benzene rings is 1. The zero-order chi connectivity index (χ0) is 9.26. The second-order valence-electron chi connectivity index (χ2n) is 3.50. The van der Waals surface area contributed by atoms with Gasteiger partial charge in [0.25, 0.3) is 0 Å². The number of furan rings is 1. The lowest BCUT2D eigenvalue weighted by molar-refractivity contribution is 0.613. The van der Waals surface area contributed by atoms with Crippen molar-refractivity contribution in [3.05, 3.63) is 35.6 Å². The maximum Gasteiger partial charge on any atom is 0.134 e. The van der Waals surface area contributed by atoms with E-state index in [4.69, 9.17) is 4.42 Å². The summed E-state index contributed by atoms with van der Waals surface area (Å²) in [7, 11) is 0. The average Bonchev–Trinajstić information content (AvgIpc) is 2.49. The first-order chi connectivity index (χ1) is 6.31. The standard InChI is InChI=1S/C12H14O/c1-3-4-10-5-6-12-11(7-10)9(2)8-13-12/h5-8H,3-4H2,1-2H3. The van der Waals surface area contributed by atoms with Crippen LogP contribution in [-0.4, -0.2) is 0 Å². The third-order valence-electron chi connectivity index (χ3n) is 2.37. The molecule has 1 aromatic carbocycles. The van der Waals surface area contributed by atoms with Crippen LogP contribution in [-0.2, 0) is 6.42 Å². The van der Waals surface area contributed by atoms with Crippen LogP contribution in [0.3, 0.4) is 0 Å². The Morgan fingerprint density at radius 3 is 2.92 bits per heavy atom. The summed E-state index contributed by atoms with van der Waals surface area (Å²) < 4.78 is 5.38. The quantitative estimate of drug-likeness (QED) is 0.676. The van der Waals surface area contributed by atoms with E-state index in [9.17, 15) is 0 Å². The van der Waals surface area contributed by atoms with E-state index < -0.39 is 0 Å². The second kappa shape index (κ2) is 3.25. The molecular formula is C12H14O. The van der Waals surface area contributed by atoms with Gasteiger partial charge in [-0.15, -0.1) is 0 Å². The summed E-state index contributed by atoms with van der Waals surface area (Å²) in [6.07, 6.45) is 4.17. The zero-order valence-corrected chi connectivity index (χ0v) is 8.13. The van der Waals surface area contributed by atoms with Gasteiger partial charge in [-0.2, -0.15) is 0 Å². The van der Waals surface area contributed by atoms with Gasteiger partial charge >= 0.3 is 0 Å². The summed E-state index contributed by atoms with van der Waals surface area (Å²) in [5.41, 5.74) is 3.63. The predicted octanol–water partition coefficient (Wildman–Crippen LogP) is 3.69. The van der Waals surface area contributed by atoms with Crippen LogP contribution in [0.25, 0.3) is 11.0 Å². The molecule has 1 aromatic heterocycles. The monoisotopic (exact) mass is 174 g/mol. The fourth-order valence-corrected chi connectivity index (χ4v) is 1.65. The molecule has 0 saturated heterocycles. The lowest BCUT2D eigenvalue weighted by atomic mass is 10.1. The van der Waals surface area contributed by atoms with Crippen LogP contribution in [0.5, 0.6) is 0 Å². The molecule has 1 heteroatoms. The highest BCUT2D eigenvalue weighted by Gasteiger charge is 2.01. The van der Waals surface area contributed by atoms with Gasteiger partial charge < -0.3 is 4.42 Å². The van der Waals surface area contributed by atoms with Crippen molar-refractivity contribution in [2.75, 3.05) is 0 Å². The number of hydrogen-bond donors (Lipinski definition) is 0. The minimum atomic E-state index is 0.998. The Morgan fingerprint density at radius 2 is 2.15 bits per heavy atom. The maximum atomic E-state index is 5.38.